The lowest BCUT2D eigenvalue weighted by Gasteiger charge is -2.17. The van der Waals surface area contributed by atoms with E-state index in [1.807, 2.05) is 0 Å². The summed E-state index contributed by atoms with van der Waals surface area (Å²) in [7, 11) is -3.59. The molecular weight excluding hydrogens is 358 g/mol. The number of carbonyl (C=O) groups is 1. The molecule has 8 nitrogen and oxygen atoms in total. The lowest BCUT2D eigenvalue weighted by molar-refractivity contribution is -0.384. The Bertz CT molecular complexity index is 970. The van der Waals surface area contributed by atoms with E-state index in [2.05, 4.69) is 4.72 Å². The van der Waals surface area contributed by atoms with Crippen molar-refractivity contribution < 1.29 is 18.1 Å². The number of hydrogen-bond acceptors (Lipinski definition) is 5. The monoisotopic (exact) mass is 375 g/mol. The van der Waals surface area contributed by atoms with E-state index in [9.17, 15) is 23.3 Å². The molecule has 0 fully saturated rings. The van der Waals surface area contributed by atoms with Gasteiger partial charge in [0.2, 0.25) is 10.0 Å². The lowest BCUT2D eigenvalue weighted by atomic mass is 10.1. The highest BCUT2D eigenvalue weighted by molar-refractivity contribution is 7.89. The molecule has 136 valence electrons. The van der Waals surface area contributed by atoms with Gasteiger partial charge in [0.15, 0.2) is 0 Å². The highest BCUT2D eigenvalue weighted by Crippen LogP contribution is 2.32. The first-order valence-corrected chi connectivity index (χ1v) is 9.50. The molecule has 0 aliphatic carbocycles. The fraction of sp³-hybridized carbons (Fsp3) is 0.235. The largest absolute Gasteiger partial charge is 0.308 e. The van der Waals surface area contributed by atoms with Gasteiger partial charge in [0.1, 0.15) is 0 Å². The number of anilines is 1. The Morgan fingerprint density at radius 3 is 2.54 bits per heavy atom. The highest BCUT2D eigenvalue weighted by atomic mass is 32.2. The van der Waals surface area contributed by atoms with E-state index in [1.165, 1.54) is 41.3 Å². The Morgan fingerprint density at radius 2 is 1.92 bits per heavy atom. The average molecular weight is 375 g/mol. The van der Waals surface area contributed by atoms with Crippen molar-refractivity contribution in [3.63, 3.8) is 0 Å². The van der Waals surface area contributed by atoms with Gasteiger partial charge < -0.3 is 4.90 Å². The van der Waals surface area contributed by atoms with Gasteiger partial charge in [-0.05, 0) is 36.2 Å². The van der Waals surface area contributed by atoms with Gasteiger partial charge in [-0.3, -0.25) is 14.9 Å². The number of nitrogens with zero attached hydrogens (tertiary/aromatic N) is 2. The number of hydrogen-bond donors (Lipinski definition) is 1. The van der Waals surface area contributed by atoms with Gasteiger partial charge in [0.25, 0.3) is 11.6 Å². The van der Waals surface area contributed by atoms with Gasteiger partial charge in [0.05, 0.1) is 15.5 Å². The van der Waals surface area contributed by atoms with Crippen molar-refractivity contribution in [2.24, 2.45) is 0 Å². The maximum Gasteiger partial charge on any atom is 0.271 e. The third kappa shape index (κ3) is 3.31. The number of amides is 1. The van der Waals surface area contributed by atoms with Crippen LogP contribution in [0.15, 0.2) is 47.4 Å². The number of carbonyl (C=O) groups excluding carboxylic acids is 1. The van der Waals surface area contributed by atoms with Crippen molar-refractivity contribution in [3.8, 4) is 0 Å². The van der Waals surface area contributed by atoms with E-state index in [-0.39, 0.29) is 23.0 Å². The molecule has 1 N–H and O–H groups in total. The minimum atomic E-state index is -3.59. The van der Waals surface area contributed by atoms with E-state index in [0.717, 1.165) is 5.56 Å². The first-order valence-electron chi connectivity index (χ1n) is 8.02. The molecule has 0 aromatic heterocycles. The summed E-state index contributed by atoms with van der Waals surface area (Å²) in [6.45, 7) is 2.37. The predicted molar refractivity (Wildman–Crippen MR) is 95.8 cm³/mol. The van der Waals surface area contributed by atoms with Gasteiger partial charge in [-0.2, -0.15) is 0 Å². The number of nitrogens with one attached hydrogen (secondary N) is 1. The molecule has 2 aromatic rings. The fourth-order valence-corrected chi connectivity index (χ4v) is 3.94. The Labute approximate surface area is 150 Å². The van der Waals surface area contributed by atoms with Crippen LogP contribution in [-0.4, -0.2) is 32.3 Å². The van der Waals surface area contributed by atoms with Crippen LogP contribution in [0.5, 0.6) is 0 Å². The van der Waals surface area contributed by atoms with Crippen LogP contribution in [0.25, 0.3) is 0 Å². The number of nitro groups is 1. The summed E-state index contributed by atoms with van der Waals surface area (Å²) in [5.74, 6) is -0.323. The molecule has 26 heavy (non-hydrogen) atoms. The Hall–Kier alpha value is -2.78. The van der Waals surface area contributed by atoms with Gasteiger partial charge in [-0.1, -0.05) is 13.0 Å². The lowest BCUT2D eigenvalue weighted by Crippen LogP contribution is -2.29. The molecular formula is C17H17N3O5S. The maximum absolute atomic E-state index is 12.8. The molecule has 0 saturated heterocycles. The summed E-state index contributed by atoms with van der Waals surface area (Å²) in [4.78, 5) is 24.8. The summed E-state index contributed by atoms with van der Waals surface area (Å²) < 4.78 is 26.3. The molecule has 2 aromatic carbocycles. The van der Waals surface area contributed by atoms with Crippen LogP contribution in [0.1, 0.15) is 22.8 Å². The Morgan fingerprint density at radius 1 is 1.23 bits per heavy atom. The molecule has 1 heterocycles. The number of benzene rings is 2. The normalized spacial score (nSPS) is 13.5. The minimum Gasteiger partial charge on any atom is -0.308 e. The molecule has 0 bridgehead atoms. The van der Waals surface area contributed by atoms with E-state index < -0.39 is 14.9 Å². The van der Waals surface area contributed by atoms with Crippen LogP contribution in [0.3, 0.4) is 0 Å². The predicted octanol–water partition coefficient (Wildman–Crippen LogP) is 2.10. The molecule has 0 saturated carbocycles. The minimum absolute atomic E-state index is 0.0736. The molecule has 1 amide bonds. The number of non-ortho nitro benzene ring substituents is 1. The summed E-state index contributed by atoms with van der Waals surface area (Å²) in [6.07, 6.45) is 0.617. The topological polar surface area (TPSA) is 110 Å². The molecule has 0 radical (unpaired) electrons. The zero-order valence-corrected chi connectivity index (χ0v) is 14.8. The van der Waals surface area contributed by atoms with Crippen LogP contribution in [0.4, 0.5) is 11.4 Å². The SMILES string of the molecule is CCNS(=O)(=O)c1ccc(C(=O)N2CCc3ccc([N+](=O)[O-])cc32)cc1. The maximum atomic E-state index is 12.8. The summed E-state index contributed by atoms with van der Waals surface area (Å²) >= 11 is 0. The first-order chi connectivity index (χ1) is 12.3. The third-order valence-electron chi connectivity index (χ3n) is 4.17. The molecule has 0 atom stereocenters. The number of fused-ring (bicyclic) bond motifs is 1. The van der Waals surface area contributed by atoms with Gasteiger partial charge in [0, 0.05) is 30.8 Å². The Kier molecular flexibility index (Phi) is 4.75. The van der Waals surface area contributed by atoms with E-state index in [0.29, 0.717) is 24.2 Å². The first kappa shape index (κ1) is 18.0. The molecule has 0 unspecified atom stereocenters. The van der Waals surface area contributed by atoms with Gasteiger partial charge in [-0.25, -0.2) is 13.1 Å². The van der Waals surface area contributed by atoms with Crippen molar-refractivity contribution in [1.82, 2.24) is 4.72 Å². The summed E-state index contributed by atoms with van der Waals surface area (Å²) in [5.41, 5.74) is 1.64. The van der Waals surface area contributed by atoms with Crippen molar-refractivity contribution in [2.45, 2.75) is 18.2 Å². The smallest absolute Gasteiger partial charge is 0.271 e. The van der Waals surface area contributed by atoms with Gasteiger partial charge >= 0.3 is 0 Å². The molecule has 1 aliphatic rings. The highest BCUT2D eigenvalue weighted by Gasteiger charge is 2.27. The molecule has 1 aliphatic heterocycles. The second kappa shape index (κ2) is 6.85. The van der Waals surface area contributed by atoms with Crippen LogP contribution < -0.4 is 9.62 Å². The Balaban J connectivity index is 1.88. The second-order valence-corrected chi connectivity index (χ2v) is 7.57. The van der Waals surface area contributed by atoms with Crippen LogP contribution in [0, 0.1) is 10.1 Å². The van der Waals surface area contributed by atoms with Crippen LogP contribution in [0.2, 0.25) is 0 Å². The van der Waals surface area contributed by atoms with E-state index in [4.69, 9.17) is 0 Å². The van der Waals surface area contributed by atoms with Crippen molar-refractivity contribution >= 4 is 27.3 Å². The number of nitro benzene ring substituents is 1. The second-order valence-electron chi connectivity index (χ2n) is 5.80. The van der Waals surface area contributed by atoms with Crippen molar-refractivity contribution in [3.05, 3.63) is 63.7 Å². The van der Waals surface area contributed by atoms with Gasteiger partial charge in [-0.15, -0.1) is 0 Å². The van der Waals surface area contributed by atoms with Crippen LogP contribution >= 0.6 is 0 Å². The van der Waals surface area contributed by atoms with E-state index >= 15 is 0 Å². The molecule has 9 heteroatoms. The zero-order chi connectivity index (χ0) is 18.9. The summed E-state index contributed by atoms with van der Waals surface area (Å²) in [5, 5.41) is 11.0. The fourth-order valence-electron chi connectivity index (χ4n) is 2.90. The van der Waals surface area contributed by atoms with Crippen molar-refractivity contribution in [1.29, 1.82) is 0 Å². The van der Waals surface area contributed by atoms with Crippen molar-refractivity contribution in [2.75, 3.05) is 18.0 Å². The number of rotatable bonds is 5. The third-order valence-corrected chi connectivity index (χ3v) is 5.73. The number of sulfonamides is 1. The molecule has 3 rings (SSSR count). The molecule has 0 spiro atoms. The quantitative estimate of drug-likeness (QED) is 0.636. The average Bonchev–Trinajstić information content (AvgIpc) is 3.04. The standard InChI is InChI=1S/C17H17N3O5S/c1-2-18-26(24,25)15-7-4-13(5-8-15)17(21)19-10-9-12-3-6-14(20(22)23)11-16(12)19/h3-8,11,18H,2,9-10H2,1H3. The summed E-state index contributed by atoms with van der Waals surface area (Å²) in [6, 6.07) is 10.1. The van der Waals surface area contributed by atoms with Crippen LogP contribution in [-0.2, 0) is 16.4 Å². The van der Waals surface area contributed by atoms with E-state index in [1.54, 1.807) is 13.0 Å². The zero-order valence-electron chi connectivity index (χ0n) is 14.0.